The van der Waals surface area contributed by atoms with E-state index in [0.717, 1.165) is 19.4 Å². The van der Waals surface area contributed by atoms with Crippen molar-refractivity contribution in [3.63, 3.8) is 0 Å². The Morgan fingerprint density at radius 3 is 2.84 bits per heavy atom. The molecule has 1 amide bonds. The van der Waals surface area contributed by atoms with Gasteiger partial charge in [-0.15, -0.1) is 0 Å². The maximum absolute atomic E-state index is 13.8. The Hall–Kier alpha value is -1.42. The van der Waals surface area contributed by atoms with Crippen LogP contribution in [0.25, 0.3) is 0 Å². The van der Waals surface area contributed by atoms with E-state index in [2.05, 4.69) is 10.6 Å². The lowest BCUT2D eigenvalue weighted by atomic mass is 9.84. The summed E-state index contributed by atoms with van der Waals surface area (Å²) in [6, 6.07) is 6.64. The Kier molecular flexibility index (Phi) is 4.20. The quantitative estimate of drug-likeness (QED) is 0.873. The third kappa shape index (κ3) is 3.32. The van der Waals surface area contributed by atoms with Crippen LogP contribution in [0.3, 0.4) is 0 Å². The van der Waals surface area contributed by atoms with E-state index >= 15 is 0 Å². The molecule has 0 bridgehead atoms. The second-order valence-corrected chi connectivity index (χ2v) is 5.73. The molecule has 0 spiro atoms. The summed E-state index contributed by atoms with van der Waals surface area (Å²) in [6.07, 6.45) is 1.92. The summed E-state index contributed by atoms with van der Waals surface area (Å²) in [7, 11) is 0. The van der Waals surface area contributed by atoms with Crippen molar-refractivity contribution < 1.29 is 9.18 Å². The normalized spacial score (nSPS) is 19.4. The van der Waals surface area contributed by atoms with Crippen molar-refractivity contribution in [2.75, 3.05) is 13.1 Å². The van der Waals surface area contributed by atoms with Gasteiger partial charge in [-0.3, -0.25) is 4.79 Å². The summed E-state index contributed by atoms with van der Waals surface area (Å²) in [6.45, 7) is 5.21. The fourth-order valence-corrected chi connectivity index (χ4v) is 2.44. The van der Waals surface area contributed by atoms with Gasteiger partial charge in [-0.2, -0.15) is 0 Å². The molecule has 1 aromatic carbocycles. The average Bonchev–Trinajstić information content (AvgIpc) is 2.90. The molecule has 1 saturated heterocycles. The van der Waals surface area contributed by atoms with Crippen LogP contribution in [0.5, 0.6) is 0 Å². The van der Waals surface area contributed by atoms with Gasteiger partial charge in [0.2, 0.25) is 5.91 Å². The summed E-state index contributed by atoms with van der Waals surface area (Å²) < 4.78 is 13.8. The Bertz CT molecular complexity index is 453. The molecule has 0 radical (unpaired) electrons. The van der Waals surface area contributed by atoms with Gasteiger partial charge in [0.25, 0.3) is 0 Å². The molecule has 2 rings (SSSR count). The zero-order valence-electron chi connectivity index (χ0n) is 11.5. The highest BCUT2D eigenvalue weighted by molar-refractivity contribution is 5.82. The van der Waals surface area contributed by atoms with E-state index in [9.17, 15) is 9.18 Å². The molecule has 19 heavy (non-hydrogen) atoms. The largest absolute Gasteiger partial charge is 0.354 e. The van der Waals surface area contributed by atoms with Gasteiger partial charge in [0.15, 0.2) is 0 Å². The average molecular weight is 264 g/mol. The fourth-order valence-electron chi connectivity index (χ4n) is 2.44. The maximum Gasteiger partial charge on any atom is 0.237 e. The molecule has 0 aliphatic carbocycles. The number of hydrogen-bond donors (Lipinski definition) is 2. The number of carbonyl (C=O) groups excluding carboxylic acids is 1. The zero-order chi connectivity index (χ0) is 13.9. The monoisotopic (exact) mass is 264 g/mol. The summed E-state index contributed by atoms with van der Waals surface area (Å²) in [5.74, 6) is -0.206. The zero-order valence-corrected chi connectivity index (χ0v) is 11.5. The number of nitrogens with one attached hydrogen (secondary N) is 2. The van der Waals surface area contributed by atoms with Crippen LogP contribution in [0, 0.1) is 5.82 Å². The lowest BCUT2D eigenvalue weighted by Crippen LogP contribution is -2.45. The highest BCUT2D eigenvalue weighted by Crippen LogP contribution is 2.24. The van der Waals surface area contributed by atoms with E-state index in [-0.39, 0.29) is 17.8 Å². The molecule has 1 aliphatic heterocycles. The van der Waals surface area contributed by atoms with E-state index < -0.39 is 5.41 Å². The number of hydrogen-bond acceptors (Lipinski definition) is 2. The summed E-state index contributed by atoms with van der Waals surface area (Å²) >= 11 is 0. The Morgan fingerprint density at radius 2 is 2.21 bits per heavy atom. The van der Waals surface area contributed by atoms with Gasteiger partial charge in [-0.05, 0) is 31.0 Å². The molecule has 4 heteroatoms. The van der Waals surface area contributed by atoms with Crippen molar-refractivity contribution in [2.24, 2.45) is 0 Å². The molecular weight excluding hydrogens is 243 g/mol. The minimum atomic E-state index is -0.417. The van der Waals surface area contributed by atoms with Gasteiger partial charge in [0.1, 0.15) is 5.82 Å². The van der Waals surface area contributed by atoms with Gasteiger partial charge in [-0.25, -0.2) is 4.39 Å². The molecular formula is C15H21FN2O. The second kappa shape index (κ2) is 5.70. The molecule has 1 heterocycles. The lowest BCUT2D eigenvalue weighted by molar-refractivity contribution is -0.123. The highest BCUT2D eigenvalue weighted by Gasteiger charge is 2.27. The molecule has 0 aromatic heterocycles. The summed E-state index contributed by atoms with van der Waals surface area (Å²) in [5, 5.41) is 6.08. The van der Waals surface area contributed by atoms with Gasteiger partial charge < -0.3 is 10.6 Å². The molecule has 1 unspecified atom stereocenters. The van der Waals surface area contributed by atoms with Crippen molar-refractivity contribution in [3.05, 3.63) is 35.6 Å². The first kappa shape index (κ1) is 14.0. The number of carbonyl (C=O) groups is 1. The van der Waals surface area contributed by atoms with Crippen LogP contribution in [0.1, 0.15) is 32.3 Å². The van der Waals surface area contributed by atoms with Crippen LogP contribution in [-0.2, 0) is 10.2 Å². The molecule has 3 nitrogen and oxygen atoms in total. The van der Waals surface area contributed by atoms with Gasteiger partial charge in [0.05, 0.1) is 6.04 Å². The van der Waals surface area contributed by atoms with Crippen molar-refractivity contribution in [3.8, 4) is 0 Å². The van der Waals surface area contributed by atoms with E-state index in [1.165, 1.54) is 6.07 Å². The van der Waals surface area contributed by atoms with Crippen molar-refractivity contribution in [1.82, 2.24) is 10.6 Å². The van der Waals surface area contributed by atoms with Gasteiger partial charge >= 0.3 is 0 Å². The number of rotatable bonds is 4. The summed E-state index contributed by atoms with van der Waals surface area (Å²) in [5.41, 5.74) is 0.217. The van der Waals surface area contributed by atoms with Crippen LogP contribution >= 0.6 is 0 Å². The van der Waals surface area contributed by atoms with Crippen molar-refractivity contribution >= 4 is 5.91 Å². The van der Waals surface area contributed by atoms with E-state index in [1.54, 1.807) is 12.1 Å². The van der Waals surface area contributed by atoms with E-state index in [0.29, 0.717) is 12.1 Å². The Labute approximate surface area is 113 Å². The number of amides is 1. The minimum absolute atomic E-state index is 0.0157. The first-order valence-electron chi connectivity index (χ1n) is 6.77. The predicted octanol–water partition coefficient (Wildman–Crippen LogP) is 1.97. The van der Waals surface area contributed by atoms with Crippen molar-refractivity contribution in [2.45, 2.75) is 38.1 Å². The molecule has 1 atom stereocenters. The molecule has 1 aliphatic rings. The number of halogens is 1. The summed E-state index contributed by atoms with van der Waals surface area (Å²) in [4.78, 5) is 11.9. The predicted molar refractivity (Wildman–Crippen MR) is 73.5 cm³/mol. The highest BCUT2D eigenvalue weighted by atomic mass is 19.1. The molecule has 1 fully saturated rings. The van der Waals surface area contributed by atoms with Gasteiger partial charge in [0, 0.05) is 12.0 Å². The van der Waals surface area contributed by atoms with Crippen molar-refractivity contribution in [1.29, 1.82) is 0 Å². The second-order valence-electron chi connectivity index (χ2n) is 5.73. The minimum Gasteiger partial charge on any atom is -0.354 e. The fraction of sp³-hybridized carbons (Fsp3) is 0.533. The smallest absolute Gasteiger partial charge is 0.237 e. The van der Waals surface area contributed by atoms with Crippen LogP contribution in [0.2, 0.25) is 0 Å². The number of benzene rings is 1. The molecule has 2 N–H and O–H groups in total. The molecule has 1 aromatic rings. The lowest BCUT2D eigenvalue weighted by Gasteiger charge is -2.26. The first-order valence-corrected chi connectivity index (χ1v) is 6.77. The van der Waals surface area contributed by atoms with Crippen LogP contribution in [0.4, 0.5) is 4.39 Å². The first-order chi connectivity index (χ1) is 9.00. The van der Waals surface area contributed by atoms with E-state index in [4.69, 9.17) is 0 Å². The van der Waals surface area contributed by atoms with Crippen LogP contribution in [0.15, 0.2) is 24.3 Å². The topological polar surface area (TPSA) is 41.1 Å². The standard InChI is InChI=1S/C15H21FN2O/c1-15(2,11-6-3-4-7-12(11)16)10-18-14(19)13-8-5-9-17-13/h3-4,6-7,13,17H,5,8-10H2,1-2H3,(H,18,19). The third-order valence-corrected chi connectivity index (χ3v) is 3.68. The maximum atomic E-state index is 13.8. The Balaban J connectivity index is 1.97. The molecule has 104 valence electrons. The van der Waals surface area contributed by atoms with E-state index in [1.807, 2.05) is 19.9 Å². The van der Waals surface area contributed by atoms with Gasteiger partial charge in [-0.1, -0.05) is 32.0 Å². The SMILES string of the molecule is CC(C)(CNC(=O)C1CCCN1)c1ccccc1F. The molecule has 0 saturated carbocycles. The van der Waals surface area contributed by atoms with Crippen LogP contribution < -0.4 is 10.6 Å². The van der Waals surface area contributed by atoms with Crippen LogP contribution in [-0.4, -0.2) is 25.0 Å². The third-order valence-electron chi connectivity index (χ3n) is 3.68. The Morgan fingerprint density at radius 1 is 1.47 bits per heavy atom.